The summed E-state index contributed by atoms with van der Waals surface area (Å²) in [5.41, 5.74) is -0.399. The van der Waals surface area contributed by atoms with Gasteiger partial charge in [0.05, 0.1) is 29.9 Å². The molecule has 0 aromatic heterocycles. The lowest BCUT2D eigenvalue weighted by molar-refractivity contribution is 0.0449. The molecule has 0 atom stereocenters. The second kappa shape index (κ2) is 6.66. The average molecular weight is 358 g/mol. The number of carbonyl (C=O) groups excluding carboxylic acids is 1. The number of halogens is 1. The number of carbonyl (C=O) groups is 1. The molecule has 0 saturated heterocycles. The van der Waals surface area contributed by atoms with Crippen LogP contribution in [0.3, 0.4) is 0 Å². The van der Waals surface area contributed by atoms with Crippen LogP contribution in [0.4, 0.5) is 0 Å². The Morgan fingerprint density at radius 2 is 2.00 bits per heavy atom. The maximum Gasteiger partial charge on any atom is 0.255 e. The van der Waals surface area contributed by atoms with Gasteiger partial charge in [-0.3, -0.25) is 4.79 Å². The van der Waals surface area contributed by atoms with E-state index in [0.717, 1.165) is 25.7 Å². The summed E-state index contributed by atoms with van der Waals surface area (Å²) in [6, 6.07) is 3.36. The minimum absolute atomic E-state index is 0.254. The molecule has 0 unspecified atom stereocenters. The first-order valence-corrected chi connectivity index (χ1v) is 7.70. The van der Waals surface area contributed by atoms with Crippen LogP contribution in [-0.4, -0.2) is 37.4 Å². The van der Waals surface area contributed by atoms with E-state index in [1.807, 2.05) is 0 Å². The summed E-state index contributed by atoms with van der Waals surface area (Å²) >= 11 is 3.36. The average Bonchev–Trinajstić information content (AvgIpc) is 2.91. The van der Waals surface area contributed by atoms with Crippen molar-refractivity contribution in [2.24, 2.45) is 0 Å². The normalized spacial score (nSPS) is 16.6. The van der Waals surface area contributed by atoms with Crippen molar-refractivity contribution in [3.8, 4) is 11.5 Å². The van der Waals surface area contributed by atoms with Crippen LogP contribution in [0.2, 0.25) is 0 Å². The molecule has 1 aromatic rings. The Kier molecular flexibility index (Phi) is 5.11. The minimum Gasteiger partial charge on any atom is -0.497 e. The lowest BCUT2D eigenvalue weighted by Gasteiger charge is -2.22. The third-order valence-corrected chi connectivity index (χ3v) is 4.40. The van der Waals surface area contributed by atoms with Gasteiger partial charge in [0.15, 0.2) is 0 Å². The van der Waals surface area contributed by atoms with Gasteiger partial charge in [0.2, 0.25) is 0 Å². The number of rotatable bonds is 5. The summed E-state index contributed by atoms with van der Waals surface area (Å²) in [5.74, 6) is 0.728. The molecule has 0 heterocycles. The summed E-state index contributed by atoms with van der Waals surface area (Å²) in [6.45, 7) is 0.254. The molecule has 0 spiro atoms. The van der Waals surface area contributed by atoms with Gasteiger partial charge >= 0.3 is 0 Å². The molecule has 2 N–H and O–H groups in total. The van der Waals surface area contributed by atoms with Crippen molar-refractivity contribution < 1.29 is 19.4 Å². The highest BCUT2D eigenvalue weighted by Crippen LogP contribution is 2.34. The number of benzene rings is 1. The minimum atomic E-state index is -0.779. The van der Waals surface area contributed by atoms with Crippen LogP contribution < -0.4 is 14.8 Å². The first kappa shape index (κ1) is 16.1. The standard InChI is InChI=1S/C15H20BrNO4/c1-20-10-7-11(13(21-2)12(16)8-10)14(18)17-9-15(19)5-3-4-6-15/h7-8,19H,3-6,9H2,1-2H3,(H,17,18). The van der Waals surface area contributed by atoms with Crippen LogP contribution in [-0.2, 0) is 0 Å². The van der Waals surface area contributed by atoms with Crippen LogP contribution in [0, 0.1) is 0 Å². The van der Waals surface area contributed by atoms with E-state index in [2.05, 4.69) is 21.2 Å². The molecule has 2 rings (SSSR count). The van der Waals surface area contributed by atoms with E-state index in [1.54, 1.807) is 12.1 Å². The molecule has 21 heavy (non-hydrogen) atoms. The third kappa shape index (κ3) is 3.68. The van der Waals surface area contributed by atoms with Crippen LogP contribution in [0.1, 0.15) is 36.0 Å². The maximum atomic E-state index is 12.4. The van der Waals surface area contributed by atoms with Crippen molar-refractivity contribution in [2.45, 2.75) is 31.3 Å². The van der Waals surface area contributed by atoms with Gasteiger partial charge in [-0.15, -0.1) is 0 Å². The number of hydrogen-bond donors (Lipinski definition) is 2. The molecule has 5 nitrogen and oxygen atoms in total. The van der Waals surface area contributed by atoms with Crippen molar-refractivity contribution >= 4 is 21.8 Å². The predicted octanol–water partition coefficient (Wildman–Crippen LogP) is 2.50. The molecule has 0 radical (unpaired) electrons. The summed E-state index contributed by atoms with van der Waals surface area (Å²) in [6.07, 6.45) is 3.46. The highest BCUT2D eigenvalue weighted by molar-refractivity contribution is 9.10. The monoisotopic (exact) mass is 357 g/mol. The molecule has 6 heteroatoms. The van der Waals surface area contributed by atoms with E-state index in [1.165, 1.54) is 14.2 Å². The fourth-order valence-electron chi connectivity index (χ4n) is 2.61. The smallest absolute Gasteiger partial charge is 0.255 e. The Morgan fingerprint density at radius 1 is 1.33 bits per heavy atom. The van der Waals surface area contributed by atoms with Gasteiger partial charge in [-0.25, -0.2) is 0 Å². The number of hydrogen-bond acceptors (Lipinski definition) is 4. The molecule has 1 aliphatic carbocycles. The molecule has 1 fully saturated rings. The zero-order valence-electron chi connectivity index (χ0n) is 12.2. The third-order valence-electron chi connectivity index (χ3n) is 3.81. The predicted molar refractivity (Wildman–Crippen MR) is 83.0 cm³/mol. The molecule has 1 saturated carbocycles. The quantitative estimate of drug-likeness (QED) is 0.849. The Labute approximate surface area is 132 Å². The molecule has 1 aromatic carbocycles. The second-order valence-corrected chi connectivity index (χ2v) is 6.16. The summed E-state index contributed by atoms with van der Waals surface area (Å²) in [5, 5.41) is 13.1. The topological polar surface area (TPSA) is 67.8 Å². The Balaban J connectivity index is 2.16. The number of nitrogens with one attached hydrogen (secondary N) is 1. The molecule has 1 aliphatic rings. The summed E-state index contributed by atoms with van der Waals surface area (Å²) in [7, 11) is 3.05. The highest BCUT2D eigenvalue weighted by atomic mass is 79.9. The first-order valence-electron chi connectivity index (χ1n) is 6.91. The summed E-state index contributed by atoms with van der Waals surface area (Å²) < 4.78 is 11.1. The highest BCUT2D eigenvalue weighted by Gasteiger charge is 2.31. The van der Waals surface area contributed by atoms with Crippen LogP contribution >= 0.6 is 15.9 Å². The van der Waals surface area contributed by atoms with Gasteiger partial charge in [0.1, 0.15) is 11.5 Å². The number of aliphatic hydroxyl groups is 1. The number of ether oxygens (including phenoxy) is 2. The van der Waals surface area contributed by atoms with Crippen molar-refractivity contribution in [2.75, 3.05) is 20.8 Å². The van der Waals surface area contributed by atoms with Gasteiger partial charge in [0.25, 0.3) is 5.91 Å². The fraction of sp³-hybridized carbons (Fsp3) is 0.533. The van der Waals surface area contributed by atoms with Crippen molar-refractivity contribution in [1.29, 1.82) is 0 Å². The Bertz CT molecular complexity index is 527. The molecular formula is C15H20BrNO4. The zero-order valence-corrected chi connectivity index (χ0v) is 13.8. The Morgan fingerprint density at radius 3 is 2.57 bits per heavy atom. The van der Waals surface area contributed by atoms with Crippen molar-refractivity contribution in [3.63, 3.8) is 0 Å². The van der Waals surface area contributed by atoms with Crippen molar-refractivity contribution in [3.05, 3.63) is 22.2 Å². The van der Waals surface area contributed by atoms with Gasteiger partial charge in [0, 0.05) is 6.54 Å². The lowest BCUT2D eigenvalue weighted by Crippen LogP contribution is -2.40. The summed E-state index contributed by atoms with van der Waals surface area (Å²) in [4.78, 5) is 12.4. The SMILES string of the molecule is COc1cc(Br)c(OC)c(C(=O)NCC2(O)CCCC2)c1. The molecule has 0 bridgehead atoms. The van der Waals surface area contributed by atoms with Gasteiger partial charge in [-0.2, -0.15) is 0 Å². The molecular weight excluding hydrogens is 338 g/mol. The molecule has 116 valence electrons. The van der Waals surface area contributed by atoms with Gasteiger partial charge in [-0.05, 0) is 40.9 Å². The Hall–Kier alpha value is -1.27. The number of amides is 1. The van der Waals surface area contributed by atoms with Crippen LogP contribution in [0.25, 0.3) is 0 Å². The maximum absolute atomic E-state index is 12.4. The van der Waals surface area contributed by atoms with E-state index in [0.29, 0.717) is 21.5 Å². The largest absolute Gasteiger partial charge is 0.497 e. The first-order chi connectivity index (χ1) is 9.99. The number of methoxy groups -OCH3 is 2. The van der Waals surface area contributed by atoms with E-state index >= 15 is 0 Å². The van der Waals surface area contributed by atoms with Gasteiger partial charge in [-0.1, -0.05) is 12.8 Å². The van der Waals surface area contributed by atoms with E-state index in [9.17, 15) is 9.90 Å². The van der Waals surface area contributed by atoms with Crippen LogP contribution in [0.5, 0.6) is 11.5 Å². The van der Waals surface area contributed by atoms with Gasteiger partial charge < -0.3 is 19.9 Å². The molecule has 1 amide bonds. The van der Waals surface area contributed by atoms with Crippen molar-refractivity contribution in [1.82, 2.24) is 5.32 Å². The lowest BCUT2D eigenvalue weighted by atomic mass is 10.0. The molecule has 0 aliphatic heterocycles. The van der Waals surface area contributed by atoms with E-state index in [4.69, 9.17) is 9.47 Å². The fourth-order valence-corrected chi connectivity index (χ4v) is 3.21. The second-order valence-electron chi connectivity index (χ2n) is 5.30. The van der Waals surface area contributed by atoms with Crippen LogP contribution in [0.15, 0.2) is 16.6 Å². The van der Waals surface area contributed by atoms with E-state index in [-0.39, 0.29) is 12.5 Å². The van der Waals surface area contributed by atoms with E-state index < -0.39 is 5.60 Å². The zero-order chi connectivity index (χ0) is 15.5.